The van der Waals surface area contributed by atoms with Gasteiger partial charge in [0.2, 0.25) is 0 Å². The van der Waals surface area contributed by atoms with Crippen molar-refractivity contribution in [2.24, 2.45) is 0 Å². The first-order valence-corrected chi connectivity index (χ1v) is 9.70. The van der Waals surface area contributed by atoms with Gasteiger partial charge in [-0.2, -0.15) is 10.2 Å². The molecule has 0 bridgehead atoms. The fraction of sp³-hybridized carbons (Fsp3) is 0.0909. The van der Waals surface area contributed by atoms with Crippen molar-refractivity contribution in [3.05, 3.63) is 84.1 Å². The molecule has 7 heteroatoms. The largest absolute Gasteiger partial charge is 0.271 e. The molecule has 3 aromatic heterocycles. The summed E-state index contributed by atoms with van der Waals surface area (Å²) in [5, 5.41) is 19.4. The van der Waals surface area contributed by atoms with Crippen LogP contribution in [0.2, 0.25) is 5.02 Å². The highest BCUT2D eigenvalue weighted by molar-refractivity contribution is 6.38. The molecule has 0 radical (unpaired) electrons. The third kappa shape index (κ3) is 3.28. The van der Waals surface area contributed by atoms with Crippen molar-refractivity contribution in [3.63, 3.8) is 0 Å². The molecule has 0 saturated heterocycles. The van der Waals surface area contributed by atoms with Crippen LogP contribution in [0.25, 0.3) is 33.5 Å². The van der Waals surface area contributed by atoms with Crippen LogP contribution in [0.3, 0.4) is 0 Å². The lowest BCUT2D eigenvalue weighted by Crippen LogP contribution is -2.10. The van der Waals surface area contributed by atoms with E-state index in [9.17, 15) is 0 Å². The topological polar surface area (TPSA) is 61.4 Å². The van der Waals surface area contributed by atoms with E-state index in [2.05, 4.69) is 15.3 Å². The molecule has 0 aliphatic carbocycles. The summed E-state index contributed by atoms with van der Waals surface area (Å²) in [6.45, 7) is 1.29. The maximum atomic E-state index is 6.87. The van der Waals surface area contributed by atoms with E-state index in [-0.39, 0.29) is 0 Å². The molecule has 0 aliphatic rings. The lowest BCUT2D eigenvalue weighted by atomic mass is 10.1. The van der Waals surface area contributed by atoms with Gasteiger partial charge < -0.3 is 0 Å². The summed E-state index contributed by atoms with van der Waals surface area (Å²) in [6, 6.07) is 21.8. The average Bonchev–Trinajstić information content (AvgIpc) is 3.42. The first-order valence-electron chi connectivity index (χ1n) is 9.32. The summed E-state index contributed by atoms with van der Waals surface area (Å²) in [7, 11) is 0. The fourth-order valence-corrected chi connectivity index (χ4v) is 3.70. The van der Waals surface area contributed by atoms with Crippen molar-refractivity contribution >= 4 is 22.6 Å². The zero-order valence-electron chi connectivity index (χ0n) is 15.5. The number of aryl methyl sites for hydroxylation is 2. The van der Waals surface area contributed by atoms with Crippen LogP contribution in [-0.2, 0) is 13.1 Å². The van der Waals surface area contributed by atoms with Gasteiger partial charge in [-0.1, -0.05) is 72.3 Å². The normalized spacial score (nSPS) is 11.2. The van der Waals surface area contributed by atoms with Gasteiger partial charge in [0.15, 0.2) is 5.65 Å². The zero-order chi connectivity index (χ0) is 19.6. The molecule has 29 heavy (non-hydrogen) atoms. The molecular weight excluding hydrogens is 384 g/mol. The third-order valence-electron chi connectivity index (χ3n) is 4.79. The number of halogens is 1. The summed E-state index contributed by atoms with van der Waals surface area (Å²) >= 11 is 6.87. The Balaban J connectivity index is 1.68. The van der Waals surface area contributed by atoms with Crippen LogP contribution in [0.15, 0.2) is 79.1 Å². The maximum absolute atomic E-state index is 6.87. The van der Waals surface area contributed by atoms with E-state index < -0.39 is 0 Å². The Hall–Kier alpha value is -3.51. The first kappa shape index (κ1) is 17.6. The molecule has 5 rings (SSSR count). The minimum atomic E-state index is 0.561. The number of hydrogen-bond acceptors (Lipinski definition) is 4. The highest BCUT2D eigenvalue weighted by Gasteiger charge is 2.20. The number of rotatable bonds is 5. The van der Waals surface area contributed by atoms with Crippen molar-refractivity contribution in [1.82, 2.24) is 29.8 Å². The molecule has 3 heterocycles. The van der Waals surface area contributed by atoms with Crippen LogP contribution in [-0.4, -0.2) is 29.8 Å². The van der Waals surface area contributed by atoms with E-state index in [1.54, 1.807) is 6.20 Å². The van der Waals surface area contributed by atoms with Gasteiger partial charge in [-0.05, 0) is 6.07 Å². The fourth-order valence-electron chi connectivity index (χ4n) is 3.38. The van der Waals surface area contributed by atoms with Gasteiger partial charge >= 0.3 is 0 Å². The first-order chi connectivity index (χ1) is 14.3. The summed E-state index contributed by atoms with van der Waals surface area (Å²) < 4.78 is 3.72. The van der Waals surface area contributed by atoms with Crippen LogP contribution in [0, 0.1) is 0 Å². The molecule has 6 nitrogen and oxygen atoms in total. The van der Waals surface area contributed by atoms with E-state index in [4.69, 9.17) is 16.7 Å². The lowest BCUT2D eigenvalue weighted by Gasteiger charge is -2.06. The van der Waals surface area contributed by atoms with Gasteiger partial charge in [-0.15, -0.1) is 10.2 Å². The molecule has 0 fully saturated rings. The molecule has 0 spiro atoms. The standard InChI is InChI=1S/C22H17ClN6/c23-19-18-20(16-8-3-1-4-9-16)27-29(15-14-28-13-7-12-24-28)22(18)26-25-21(19)17-10-5-2-6-11-17/h1-13H,14-15H2. The molecule has 2 aromatic carbocycles. The molecular formula is C22H17ClN6. The molecule has 5 aromatic rings. The van der Waals surface area contributed by atoms with Crippen LogP contribution in [0.4, 0.5) is 0 Å². The van der Waals surface area contributed by atoms with E-state index in [1.807, 2.05) is 82.3 Å². The van der Waals surface area contributed by atoms with E-state index in [1.165, 1.54) is 0 Å². The summed E-state index contributed by atoms with van der Waals surface area (Å²) in [5.41, 5.74) is 4.04. The Bertz CT molecular complexity index is 1250. The second kappa shape index (κ2) is 7.48. The van der Waals surface area contributed by atoms with Gasteiger partial charge in [-0.25, -0.2) is 4.68 Å². The Labute approximate surface area is 172 Å². The van der Waals surface area contributed by atoms with E-state index >= 15 is 0 Å². The molecule has 0 atom stereocenters. The second-order valence-electron chi connectivity index (χ2n) is 6.63. The van der Waals surface area contributed by atoms with Crippen LogP contribution in [0.1, 0.15) is 0 Å². The SMILES string of the molecule is Clc1c(-c2ccccc2)nnc2c1c(-c1ccccc1)nn2CCn1cccn1. The van der Waals surface area contributed by atoms with Crippen molar-refractivity contribution in [2.45, 2.75) is 13.1 Å². The average molecular weight is 401 g/mol. The molecule has 0 amide bonds. The molecule has 0 unspecified atom stereocenters. The van der Waals surface area contributed by atoms with E-state index in [0.29, 0.717) is 29.5 Å². The van der Waals surface area contributed by atoms with E-state index in [0.717, 1.165) is 22.2 Å². The number of aromatic nitrogens is 6. The predicted molar refractivity (Wildman–Crippen MR) is 113 cm³/mol. The predicted octanol–water partition coefficient (Wildman–Crippen LogP) is 4.71. The third-order valence-corrected chi connectivity index (χ3v) is 5.16. The summed E-state index contributed by atoms with van der Waals surface area (Å²) in [5.74, 6) is 0. The highest BCUT2D eigenvalue weighted by Crippen LogP contribution is 2.37. The number of fused-ring (bicyclic) bond motifs is 1. The maximum Gasteiger partial charge on any atom is 0.182 e. The molecule has 142 valence electrons. The highest BCUT2D eigenvalue weighted by atomic mass is 35.5. The Morgan fingerprint density at radius 1 is 0.759 bits per heavy atom. The van der Waals surface area contributed by atoms with Crippen molar-refractivity contribution < 1.29 is 0 Å². The summed E-state index contributed by atoms with van der Waals surface area (Å²) in [6.07, 6.45) is 3.69. The van der Waals surface area contributed by atoms with Gasteiger partial charge in [0.1, 0.15) is 11.4 Å². The quantitative estimate of drug-likeness (QED) is 0.428. The zero-order valence-corrected chi connectivity index (χ0v) is 16.2. The van der Waals surface area contributed by atoms with Crippen LogP contribution in [0.5, 0.6) is 0 Å². The molecule has 0 aliphatic heterocycles. The van der Waals surface area contributed by atoms with Crippen LogP contribution >= 0.6 is 11.6 Å². The van der Waals surface area contributed by atoms with Crippen molar-refractivity contribution in [3.8, 4) is 22.5 Å². The second-order valence-corrected chi connectivity index (χ2v) is 7.01. The van der Waals surface area contributed by atoms with Gasteiger partial charge in [0.25, 0.3) is 0 Å². The van der Waals surface area contributed by atoms with Crippen molar-refractivity contribution in [2.75, 3.05) is 0 Å². The Kier molecular flexibility index (Phi) is 4.54. The van der Waals surface area contributed by atoms with Crippen LogP contribution < -0.4 is 0 Å². The smallest absolute Gasteiger partial charge is 0.182 e. The minimum absolute atomic E-state index is 0.561. The van der Waals surface area contributed by atoms with Gasteiger partial charge in [0, 0.05) is 23.5 Å². The number of benzene rings is 2. The summed E-state index contributed by atoms with van der Waals surface area (Å²) in [4.78, 5) is 0. The number of nitrogens with zero attached hydrogens (tertiary/aromatic N) is 6. The molecule has 0 N–H and O–H groups in total. The molecule has 0 saturated carbocycles. The number of hydrogen-bond donors (Lipinski definition) is 0. The Morgan fingerprint density at radius 3 is 2.10 bits per heavy atom. The minimum Gasteiger partial charge on any atom is -0.271 e. The van der Waals surface area contributed by atoms with Crippen molar-refractivity contribution in [1.29, 1.82) is 0 Å². The monoisotopic (exact) mass is 400 g/mol. The van der Waals surface area contributed by atoms with Gasteiger partial charge in [-0.3, -0.25) is 4.68 Å². The van der Waals surface area contributed by atoms with Gasteiger partial charge in [0.05, 0.1) is 23.5 Å². The Morgan fingerprint density at radius 2 is 1.45 bits per heavy atom. The lowest BCUT2D eigenvalue weighted by molar-refractivity contribution is 0.508.